The van der Waals surface area contributed by atoms with Crippen LogP contribution < -0.4 is 5.73 Å². The molecule has 16 heavy (non-hydrogen) atoms. The van der Waals surface area contributed by atoms with Crippen molar-refractivity contribution in [3.05, 3.63) is 34.0 Å². The van der Waals surface area contributed by atoms with Gasteiger partial charge >= 0.3 is 5.82 Å². The number of aliphatic hydroxyl groups is 2. The molecule has 0 fully saturated rings. The van der Waals surface area contributed by atoms with Gasteiger partial charge < -0.3 is 26.1 Å². The number of rotatable bonds is 4. The maximum Gasteiger partial charge on any atom is 0.369 e. The number of nitrogens with two attached hydrogens (primary N) is 1. The molecule has 0 saturated carbocycles. The van der Waals surface area contributed by atoms with Crippen molar-refractivity contribution in [3.63, 3.8) is 0 Å². The molecule has 0 radical (unpaired) electrons. The van der Waals surface area contributed by atoms with E-state index in [0.29, 0.717) is 0 Å². The molecule has 0 aliphatic heterocycles. The number of carbonyl (C=O) groups excluding carboxylic acids is 1. The van der Waals surface area contributed by atoms with Crippen LogP contribution in [0.1, 0.15) is 11.7 Å². The third-order valence-corrected chi connectivity index (χ3v) is 1.90. The minimum absolute atomic E-state index is 0.265. The van der Waals surface area contributed by atoms with Crippen molar-refractivity contribution in [1.82, 2.24) is 4.98 Å². The summed E-state index contributed by atoms with van der Waals surface area (Å²) in [5.41, 5.74) is 4.50. The summed E-state index contributed by atoms with van der Waals surface area (Å²) in [4.78, 5) is 23.8. The number of amides is 1. The van der Waals surface area contributed by atoms with Crippen LogP contribution in [0.2, 0.25) is 0 Å². The van der Waals surface area contributed by atoms with Gasteiger partial charge in [-0.15, -0.1) is 0 Å². The van der Waals surface area contributed by atoms with Gasteiger partial charge in [0.25, 0.3) is 0 Å². The van der Waals surface area contributed by atoms with Crippen molar-refractivity contribution in [3.8, 4) is 0 Å². The van der Waals surface area contributed by atoms with Gasteiger partial charge in [0.15, 0.2) is 6.10 Å². The first-order chi connectivity index (χ1) is 7.45. The molecule has 1 aromatic rings. The molecule has 8 nitrogen and oxygen atoms in total. The van der Waals surface area contributed by atoms with Crippen molar-refractivity contribution in [1.29, 1.82) is 0 Å². The van der Waals surface area contributed by atoms with Gasteiger partial charge in [-0.1, -0.05) is 0 Å². The molecule has 4 N–H and O–H groups in total. The number of hydrogen-bond acceptors (Lipinski definition) is 6. The molecule has 0 saturated heterocycles. The van der Waals surface area contributed by atoms with E-state index >= 15 is 0 Å². The normalized spacial score (nSPS) is 14.1. The van der Waals surface area contributed by atoms with Gasteiger partial charge in [-0.25, -0.2) is 0 Å². The summed E-state index contributed by atoms with van der Waals surface area (Å²) in [5.74, 6) is -1.80. The van der Waals surface area contributed by atoms with E-state index in [4.69, 9.17) is 5.73 Å². The number of nitro groups is 1. The predicted molar refractivity (Wildman–Crippen MR) is 51.1 cm³/mol. The van der Waals surface area contributed by atoms with E-state index < -0.39 is 28.9 Å². The van der Waals surface area contributed by atoms with Crippen molar-refractivity contribution >= 4 is 11.7 Å². The Balaban J connectivity index is 3.12. The molecule has 0 aromatic carbocycles. The number of primary amides is 1. The summed E-state index contributed by atoms with van der Waals surface area (Å²) in [6.45, 7) is 0. The molecule has 86 valence electrons. The summed E-state index contributed by atoms with van der Waals surface area (Å²) in [7, 11) is 0. The van der Waals surface area contributed by atoms with Crippen LogP contribution in [0.5, 0.6) is 0 Å². The lowest BCUT2D eigenvalue weighted by Gasteiger charge is -2.14. The third kappa shape index (κ3) is 2.30. The summed E-state index contributed by atoms with van der Waals surface area (Å²) in [6.07, 6.45) is -2.53. The van der Waals surface area contributed by atoms with E-state index in [0.717, 1.165) is 6.20 Å². The maximum atomic E-state index is 10.6. The fourth-order valence-electron chi connectivity index (χ4n) is 1.12. The molecular formula is C8H9N3O5. The van der Waals surface area contributed by atoms with Gasteiger partial charge in [0.2, 0.25) is 5.91 Å². The lowest BCUT2D eigenvalue weighted by molar-refractivity contribution is -0.391. The highest BCUT2D eigenvalue weighted by Gasteiger charge is 2.29. The van der Waals surface area contributed by atoms with Crippen LogP contribution in [-0.4, -0.2) is 32.1 Å². The molecule has 1 heterocycles. The number of aliphatic hydroxyl groups excluding tert-OH is 2. The Hall–Kier alpha value is -2.06. The third-order valence-electron chi connectivity index (χ3n) is 1.90. The van der Waals surface area contributed by atoms with Gasteiger partial charge in [0, 0.05) is 0 Å². The topological polar surface area (TPSA) is 140 Å². The Bertz CT molecular complexity index is 422. The molecule has 0 aliphatic carbocycles. The summed E-state index contributed by atoms with van der Waals surface area (Å²) >= 11 is 0. The minimum Gasteiger partial charge on any atom is -0.385 e. The van der Waals surface area contributed by atoms with E-state index in [1.54, 1.807) is 0 Å². The van der Waals surface area contributed by atoms with Crippen molar-refractivity contribution in [2.45, 2.75) is 12.2 Å². The van der Waals surface area contributed by atoms with Gasteiger partial charge in [0.1, 0.15) is 12.3 Å². The molecule has 2 unspecified atom stereocenters. The zero-order chi connectivity index (χ0) is 12.3. The number of hydrogen-bond donors (Lipinski definition) is 3. The molecule has 0 aliphatic rings. The first-order valence-electron chi connectivity index (χ1n) is 4.20. The second-order valence-corrected chi connectivity index (χ2v) is 2.97. The molecule has 1 aromatic heterocycles. The minimum atomic E-state index is -1.91. The highest BCUT2D eigenvalue weighted by atomic mass is 16.6. The summed E-state index contributed by atoms with van der Waals surface area (Å²) in [6, 6.07) is 2.52. The summed E-state index contributed by atoms with van der Waals surface area (Å²) in [5, 5.41) is 29.2. The molecule has 8 heteroatoms. The molecule has 1 rings (SSSR count). The molecule has 0 spiro atoms. The standard InChI is InChI=1S/C8H9N3O5/c9-7(14)6(13)5(12)4-2-1-3-10-8(4)11(15)16/h1-3,5-6,12-13H,(H2,9,14). The molecule has 2 atom stereocenters. The van der Waals surface area contributed by atoms with Gasteiger partial charge in [0.05, 0.1) is 5.56 Å². The number of carbonyl (C=O) groups is 1. The highest BCUT2D eigenvalue weighted by Crippen LogP contribution is 2.24. The van der Waals surface area contributed by atoms with Crippen LogP contribution in [0.3, 0.4) is 0 Å². The van der Waals surface area contributed by atoms with Crippen LogP contribution >= 0.6 is 0 Å². The van der Waals surface area contributed by atoms with Crippen molar-refractivity contribution in [2.75, 3.05) is 0 Å². The average Bonchev–Trinajstić information content (AvgIpc) is 2.26. The number of aromatic nitrogens is 1. The first kappa shape index (κ1) is 12.0. The fourth-order valence-corrected chi connectivity index (χ4v) is 1.12. The van der Waals surface area contributed by atoms with Crippen LogP contribution in [0.25, 0.3) is 0 Å². The Morgan fingerprint density at radius 2 is 2.19 bits per heavy atom. The highest BCUT2D eigenvalue weighted by molar-refractivity contribution is 5.79. The number of pyridine rings is 1. The van der Waals surface area contributed by atoms with Crippen molar-refractivity contribution < 1.29 is 19.9 Å². The second-order valence-electron chi connectivity index (χ2n) is 2.97. The Morgan fingerprint density at radius 3 is 2.69 bits per heavy atom. The summed E-state index contributed by atoms with van der Waals surface area (Å²) < 4.78 is 0. The van der Waals surface area contributed by atoms with Gasteiger partial charge in [-0.05, 0) is 22.0 Å². The van der Waals surface area contributed by atoms with Crippen molar-refractivity contribution in [2.24, 2.45) is 5.73 Å². The Morgan fingerprint density at radius 1 is 1.56 bits per heavy atom. The predicted octanol–water partition coefficient (Wildman–Crippen LogP) is -1.13. The lowest BCUT2D eigenvalue weighted by atomic mass is 10.1. The molecule has 0 bridgehead atoms. The molecule has 1 amide bonds. The lowest BCUT2D eigenvalue weighted by Crippen LogP contribution is -2.34. The van der Waals surface area contributed by atoms with Gasteiger partial charge in [-0.3, -0.25) is 4.79 Å². The van der Waals surface area contributed by atoms with Crippen LogP contribution in [0.15, 0.2) is 18.3 Å². The van der Waals surface area contributed by atoms with Crippen LogP contribution in [0.4, 0.5) is 5.82 Å². The second kappa shape index (κ2) is 4.64. The van der Waals surface area contributed by atoms with E-state index in [1.807, 2.05) is 0 Å². The molecular weight excluding hydrogens is 218 g/mol. The van der Waals surface area contributed by atoms with E-state index in [9.17, 15) is 25.1 Å². The quantitative estimate of drug-likeness (QED) is 0.439. The van der Waals surface area contributed by atoms with Crippen LogP contribution in [-0.2, 0) is 4.79 Å². The number of nitrogens with zero attached hydrogens (tertiary/aromatic N) is 2. The van der Waals surface area contributed by atoms with E-state index in [1.165, 1.54) is 12.1 Å². The monoisotopic (exact) mass is 227 g/mol. The SMILES string of the molecule is NC(=O)C(O)C(O)c1cccnc1[N+](=O)[O-]. The van der Waals surface area contributed by atoms with E-state index in [2.05, 4.69) is 4.98 Å². The van der Waals surface area contributed by atoms with E-state index in [-0.39, 0.29) is 5.56 Å². The zero-order valence-corrected chi connectivity index (χ0v) is 7.98. The van der Waals surface area contributed by atoms with Gasteiger partial charge in [-0.2, -0.15) is 0 Å². The largest absolute Gasteiger partial charge is 0.385 e. The average molecular weight is 227 g/mol. The first-order valence-corrected chi connectivity index (χ1v) is 4.20. The fraction of sp³-hybridized carbons (Fsp3) is 0.250. The maximum absolute atomic E-state index is 10.6. The van der Waals surface area contributed by atoms with Crippen LogP contribution in [0, 0.1) is 10.1 Å². The Labute approximate surface area is 89.5 Å². The zero-order valence-electron chi connectivity index (χ0n) is 7.98. The Kier molecular flexibility index (Phi) is 3.48. The smallest absolute Gasteiger partial charge is 0.369 e.